The van der Waals surface area contributed by atoms with Crippen molar-refractivity contribution >= 4 is 50.1 Å². The van der Waals surface area contributed by atoms with Gasteiger partial charge in [-0.1, -0.05) is 103 Å². The van der Waals surface area contributed by atoms with Gasteiger partial charge in [-0.3, -0.25) is 14.2 Å². The molecule has 0 bridgehead atoms. The first-order chi connectivity index (χ1) is 18.6. The van der Waals surface area contributed by atoms with E-state index in [1.807, 2.05) is 60.7 Å². The number of carbonyl (C=O) groups excluding carboxylic acids is 1. The summed E-state index contributed by atoms with van der Waals surface area (Å²) in [7, 11) is 1.59. The Bertz CT molecular complexity index is 1730. The van der Waals surface area contributed by atoms with Crippen molar-refractivity contribution in [2.45, 2.75) is 12.6 Å². The molecule has 1 N–H and O–H groups in total. The second-order valence-electron chi connectivity index (χ2n) is 8.88. The number of thiazole rings is 1. The van der Waals surface area contributed by atoms with Gasteiger partial charge in [0.05, 0.1) is 11.3 Å². The maximum Gasteiger partial charge on any atom is 0.272 e. The summed E-state index contributed by atoms with van der Waals surface area (Å²) < 4.78 is 8.59. The number of carbonyl (C=O) groups is 1. The summed E-state index contributed by atoms with van der Waals surface area (Å²) in [5.41, 5.74) is 4.82. The lowest BCUT2D eigenvalue weighted by Crippen LogP contribution is -2.34. The molecule has 38 heavy (non-hydrogen) atoms. The zero-order chi connectivity index (χ0) is 26.2. The largest absolute Gasteiger partial charge is 0.372 e. The summed E-state index contributed by atoms with van der Waals surface area (Å²) in [4.78, 5) is 28.4. The first-order valence-electron chi connectivity index (χ1n) is 12.2. The van der Waals surface area contributed by atoms with Gasteiger partial charge in [0, 0.05) is 24.1 Å². The Balaban J connectivity index is 1.59. The molecule has 0 saturated heterocycles. The molecule has 1 atom stereocenters. The SMILES string of the molecule is C=CCn1c(=O)/c(=C2/NC(c3ccccc3)=C(c3ccccc3)S2)s/c1=C1/C(=O)c2ccccc2C1OC. The fourth-order valence-corrected chi connectivity index (χ4v) is 7.33. The molecule has 0 spiro atoms. The van der Waals surface area contributed by atoms with Gasteiger partial charge >= 0.3 is 0 Å². The zero-order valence-electron chi connectivity index (χ0n) is 20.6. The predicted octanol–water partition coefficient (Wildman–Crippen LogP) is 4.76. The quantitative estimate of drug-likeness (QED) is 0.373. The van der Waals surface area contributed by atoms with E-state index in [-0.39, 0.29) is 17.9 Å². The van der Waals surface area contributed by atoms with Crippen LogP contribution in [0.1, 0.15) is 33.2 Å². The second-order valence-corrected chi connectivity index (χ2v) is 10.9. The minimum atomic E-state index is -0.534. The van der Waals surface area contributed by atoms with Gasteiger partial charge in [-0.2, -0.15) is 0 Å². The summed E-state index contributed by atoms with van der Waals surface area (Å²) in [6.07, 6.45) is 1.15. The first-order valence-corrected chi connectivity index (χ1v) is 13.8. The van der Waals surface area contributed by atoms with E-state index in [4.69, 9.17) is 4.74 Å². The highest BCUT2D eigenvalue weighted by Crippen LogP contribution is 2.44. The van der Waals surface area contributed by atoms with E-state index >= 15 is 0 Å². The highest BCUT2D eigenvalue weighted by molar-refractivity contribution is 8.16. The van der Waals surface area contributed by atoms with Crippen molar-refractivity contribution in [1.82, 2.24) is 9.88 Å². The number of aromatic nitrogens is 1. The molecule has 1 unspecified atom stereocenters. The molecular weight excluding hydrogens is 512 g/mol. The number of thioether (sulfide) groups is 1. The van der Waals surface area contributed by atoms with Crippen LogP contribution in [0.15, 0.2) is 102 Å². The number of hydrogen-bond donors (Lipinski definition) is 1. The summed E-state index contributed by atoms with van der Waals surface area (Å²) in [6.45, 7) is 4.14. The number of rotatable bonds is 5. The number of methoxy groups -OCH3 is 1. The average molecular weight is 537 g/mol. The number of ether oxygens (including phenoxy) is 1. The Morgan fingerprint density at radius 1 is 0.947 bits per heavy atom. The van der Waals surface area contributed by atoms with Crippen LogP contribution in [0, 0.1) is 0 Å². The third-order valence-electron chi connectivity index (χ3n) is 6.63. The van der Waals surface area contributed by atoms with Crippen LogP contribution in [0.5, 0.6) is 0 Å². The minimum Gasteiger partial charge on any atom is -0.372 e. The van der Waals surface area contributed by atoms with Crippen molar-refractivity contribution in [3.8, 4) is 0 Å². The molecule has 5 nitrogen and oxygen atoms in total. The van der Waals surface area contributed by atoms with Gasteiger partial charge in [0.25, 0.3) is 5.56 Å². The van der Waals surface area contributed by atoms with Crippen LogP contribution in [-0.2, 0) is 11.3 Å². The summed E-state index contributed by atoms with van der Waals surface area (Å²) in [5, 5.41) is 4.29. The maximum atomic E-state index is 13.9. The Hall–Kier alpha value is -3.91. The van der Waals surface area contributed by atoms with Gasteiger partial charge in [-0.15, -0.1) is 17.9 Å². The molecule has 7 heteroatoms. The molecule has 6 rings (SSSR count). The molecule has 0 amide bonds. The van der Waals surface area contributed by atoms with Crippen molar-refractivity contribution in [3.05, 3.63) is 139 Å². The zero-order valence-corrected chi connectivity index (χ0v) is 22.3. The molecule has 0 fully saturated rings. The number of fused-ring (bicyclic) bond motifs is 1. The van der Waals surface area contributed by atoms with Gasteiger partial charge in [-0.25, -0.2) is 0 Å². The molecule has 2 heterocycles. The van der Waals surface area contributed by atoms with Crippen LogP contribution in [0.25, 0.3) is 21.2 Å². The summed E-state index contributed by atoms with van der Waals surface area (Å²) >= 11 is 2.87. The monoisotopic (exact) mass is 536 g/mol. The lowest BCUT2D eigenvalue weighted by atomic mass is 10.1. The van der Waals surface area contributed by atoms with Gasteiger partial charge in [0.1, 0.15) is 20.3 Å². The first kappa shape index (κ1) is 24.4. The van der Waals surface area contributed by atoms with E-state index < -0.39 is 6.10 Å². The fourth-order valence-electron chi connectivity index (χ4n) is 4.91. The van der Waals surface area contributed by atoms with Crippen molar-refractivity contribution < 1.29 is 9.53 Å². The fraction of sp³-hybridized carbons (Fsp3) is 0.0968. The van der Waals surface area contributed by atoms with Crippen LogP contribution in [-0.4, -0.2) is 17.5 Å². The van der Waals surface area contributed by atoms with Crippen LogP contribution in [0.3, 0.4) is 0 Å². The lowest BCUT2D eigenvalue weighted by Gasteiger charge is -2.10. The topological polar surface area (TPSA) is 60.3 Å². The smallest absolute Gasteiger partial charge is 0.272 e. The molecule has 4 aromatic rings. The number of allylic oxidation sites excluding steroid dienone is 1. The molecule has 2 aliphatic rings. The van der Waals surface area contributed by atoms with Gasteiger partial charge in [-0.05, 0) is 16.7 Å². The van der Waals surface area contributed by atoms with Crippen molar-refractivity contribution in [3.63, 3.8) is 0 Å². The molecule has 0 saturated carbocycles. The van der Waals surface area contributed by atoms with Crippen molar-refractivity contribution in [1.29, 1.82) is 0 Å². The molecular formula is C31H24N2O3S2. The molecule has 3 aromatic carbocycles. The third kappa shape index (κ3) is 4.00. The van der Waals surface area contributed by atoms with Crippen LogP contribution in [0.2, 0.25) is 0 Å². The molecule has 1 aliphatic carbocycles. The van der Waals surface area contributed by atoms with Crippen molar-refractivity contribution in [2.24, 2.45) is 0 Å². The highest BCUT2D eigenvalue weighted by atomic mass is 32.2. The molecule has 0 radical (unpaired) electrons. The van der Waals surface area contributed by atoms with Gasteiger partial charge < -0.3 is 10.1 Å². The standard InChI is InChI=1S/C31H24N2O3S2/c1-3-18-33-30(35)28(38-31(33)23-25(34)21-16-10-11-17-22(21)26(23)36-2)29-32-24(19-12-6-4-7-13-19)27(37-29)20-14-8-5-9-15-20/h3-17,26,32H,1,18H2,2H3/b29-28+,31-23-. The van der Waals surface area contributed by atoms with E-state index in [1.54, 1.807) is 29.5 Å². The Labute approximate surface area is 228 Å². The van der Waals surface area contributed by atoms with E-state index in [0.29, 0.717) is 20.3 Å². The number of ketones is 1. The Morgan fingerprint density at radius 2 is 1.61 bits per heavy atom. The molecule has 1 aromatic heterocycles. The summed E-state index contributed by atoms with van der Waals surface area (Å²) in [5.74, 6) is -0.108. The number of hydrogen-bond acceptors (Lipinski definition) is 6. The van der Waals surface area contributed by atoms with Crippen LogP contribution < -0.4 is 20.1 Å². The number of nitrogens with zero attached hydrogens (tertiary/aromatic N) is 1. The number of nitrogens with one attached hydrogen (secondary N) is 1. The highest BCUT2D eigenvalue weighted by Gasteiger charge is 2.36. The van der Waals surface area contributed by atoms with E-state index in [2.05, 4.69) is 36.2 Å². The number of Topliss-reactive ketones (excluding diaryl/α,β-unsaturated/α-hetero) is 1. The van der Waals surface area contributed by atoms with Crippen LogP contribution >= 0.6 is 23.1 Å². The minimum absolute atomic E-state index is 0.108. The average Bonchev–Trinajstić information content (AvgIpc) is 3.62. The second kappa shape index (κ2) is 10.1. The van der Waals surface area contributed by atoms with E-state index in [9.17, 15) is 9.59 Å². The molecule has 188 valence electrons. The predicted molar refractivity (Wildman–Crippen MR) is 156 cm³/mol. The third-order valence-corrected chi connectivity index (χ3v) is 9.13. The van der Waals surface area contributed by atoms with Gasteiger partial charge in [0.15, 0.2) is 5.78 Å². The molecule has 1 aliphatic heterocycles. The van der Waals surface area contributed by atoms with E-state index in [1.165, 1.54) is 11.3 Å². The van der Waals surface area contributed by atoms with Crippen molar-refractivity contribution in [2.75, 3.05) is 7.11 Å². The lowest BCUT2D eigenvalue weighted by molar-refractivity contribution is 0.103. The van der Waals surface area contributed by atoms with Crippen LogP contribution in [0.4, 0.5) is 0 Å². The summed E-state index contributed by atoms with van der Waals surface area (Å²) in [6, 6.07) is 27.7. The maximum absolute atomic E-state index is 13.9. The number of benzene rings is 3. The Kier molecular flexibility index (Phi) is 6.49. The van der Waals surface area contributed by atoms with E-state index in [0.717, 1.165) is 32.3 Å². The van der Waals surface area contributed by atoms with Gasteiger partial charge in [0.2, 0.25) is 0 Å². The normalized spacial score (nSPS) is 19.5. The Morgan fingerprint density at radius 3 is 2.29 bits per heavy atom.